The summed E-state index contributed by atoms with van der Waals surface area (Å²) in [6.07, 6.45) is 1.12. The average Bonchev–Trinajstić information content (AvgIpc) is 2.80. The molecular weight excluding hydrogens is 465 g/mol. The Morgan fingerprint density at radius 1 is 1.03 bits per heavy atom. The quantitative estimate of drug-likeness (QED) is 0.264. The molecule has 33 heavy (non-hydrogen) atoms. The molecule has 0 saturated carbocycles. The van der Waals surface area contributed by atoms with Crippen LogP contribution < -0.4 is 20.4 Å². The van der Waals surface area contributed by atoms with Crippen molar-refractivity contribution in [1.82, 2.24) is 15.6 Å². The molecule has 8 nitrogen and oxygen atoms in total. The van der Waals surface area contributed by atoms with Gasteiger partial charge in [0.15, 0.2) is 5.75 Å². The number of urea groups is 1. The highest BCUT2D eigenvalue weighted by Crippen LogP contribution is 2.24. The molecule has 0 aliphatic carbocycles. The second-order valence-corrected chi connectivity index (χ2v) is 6.87. The predicted molar refractivity (Wildman–Crippen MR) is 113 cm³/mol. The van der Waals surface area contributed by atoms with Gasteiger partial charge in [-0.3, -0.25) is 9.78 Å². The van der Waals surface area contributed by atoms with Gasteiger partial charge in [0.05, 0.1) is 0 Å². The fourth-order valence-electron chi connectivity index (χ4n) is 2.47. The molecule has 12 heteroatoms. The number of aromatic nitrogens is 1. The summed E-state index contributed by atoms with van der Waals surface area (Å²) < 4.78 is 43.3. The summed E-state index contributed by atoms with van der Waals surface area (Å²) in [6.45, 7) is -1.82. The number of nitrogens with one attached hydrogen (secondary N) is 2. The zero-order valence-corrected chi connectivity index (χ0v) is 17.6. The molecule has 0 aliphatic rings. The Balaban J connectivity index is 1.56. The molecule has 0 radical (unpaired) electrons. The standard InChI is InChI=1S/C21H16ClF3N4O4/c1-12-10-16(6-7-17(12)22)33-28-21(31)27-13-2-4-14(5-3-13)32-15-8-9-26-18(11-15)19(30)29(25)20(23)24/h2-11,20H,1H3,(H2,27,28,31). The highest BCUT2D eigenvalue weighted by atomic mass is 35.5. The minimum atomic E-state index is -3.61. The van der Waals surface area contributed by atoms with E-state index < -0.39 is 29.3 Å². The molecule has 1 aromatic heterocycles. The van der Waals surface area contributed by atoms with E-state index in [0.29, 0.717) is 22.2 Å². The van der Waals surface area contributed by atoms with Crippen LogP contribution in [0.2, 0.25) is 5.02 Å². The van der Waals surface area contributed by atoms with Crippen molar-refractivity contribution in [1.29, 1.82) is 0 Å². The molecule has 3 rings (SSSR count). The zero-order chi connectivity index (χ0) is 24.0. The zero-order valence-electron chi connectivity index (χ0n) is 16.9. The molecule has 2 aromatic carbocycles. The number of nitrogens with zero attached hydrogens (tertiary/aromatic N) is 2. The molecule has 3 aromatic rings. The van der Waals surface area contributed by atoms with Crippen molar-refractivity contribution in [3.8, 4) is 17.2 Å². The van der Waals surface area contributed by atoms with Crippen molar-refractivity contribution in [2.45, 2.75) is 13.5 Å². The highest BCUT2D eigenvalue weighted by molar-refractivity contribution is 6.31. The van der Waals surface area contributed by atoms with Crippen LogP contribution in [0.4, 0.5) is 23.7 Å². The van der Waals surface area contributed by atoms with Gasteiger partial charge >= 0.3 is 18.5 Å². The maximum Gasteiger partial charge on any atom is 0.352 e. The number of amides is 3. The Hall–Kier alpha value is -3.99. The summed E-state index contributed by atoms with van der Waals surface area (Å²) in [4.78, 5) is 32.3. The fraction of sp³-hybridized carbons (Fsp3) is 0.0952. The smallest absolute Gasteiger partial charge is 0.352 e. The normalized spacial score (nSPS) is 10.5. The minimum absolute atomic E-state index is 0.0705. The van der Waals surface area contributed by atoms with Crippen LogP contribution in [0.1, 0.15) is 16.1 Å². The lowest BCUT2D eigenvalue weighted by Gasteiger charge is -2.12. The molecule has 0 aliphatic heterocycles. The minimum Gasteiger partial charge on any atom is -0.457 e. The molecule has 172 valence electrons. The number of carbonyl (C=O) groups is 2. The molecule has 0 atom stereocenters. The third-order valence-corrected chi connectivity index (χ3v) is 4.48. The van der Waals surface area contributed by atoms with E-state index in [1.54, 1.807) is 25.1 Å². The van der Waals surface area contributed by atoms with Gasteiger partial charge < -0.3 is 14.9 Å². The largest absolute Gasteiger partial charge is 0.457 e. The predicted octanol–water partition coefficient (Wildman–Crippen LogP) is 5.50. The number of halogens is 4. The van der Waals surface area contributed by atoms with Crippen LogP contribution in [0.25, 0.3) is 0 Å². The van der Waals surface area contributed by atoms with E-state index in [2.05, 4.69) is 15.8 Å². The van der Waals surface area contributed by atoms with Gasteiger partial charge in [-0.25, -0.2) is 4.79 Å². The molecule has 0 spiro atoms. The van der Waals surface area contributed by atoms with Crippen molar-refractivity contribution < 1.29 is 32.4 Å². The Bertz CT molecular complexity index is 1150. The molecule has 0 fully saturated rings. The number of pyridine rings is 1. The molecule has 3 amide bonds. The SMILES string of the molecule is Cc1cc(ONC(=O)Nc2ccc(Oc3ccnc(C(=O)N(F)C(F)F)c3)cc2)ccc1Cl. The topological polar surface area (TPSA) is 92.8 Å². The lowest BCUT2D eigenvalue weighted by Crippen LogP contribution is -2.31. The summed E-state index contributed by atoms with van der Waals surface area (Å²) >= 11 is 5.93. The van der Waals surface area contributed by atoms with Crippen LogP contribution in [0.3, 0.4) is 0 Å². The van der Waals surface area contributed by atoms with E-state index in [1.165, 1.54) is 30.3 Å². The van der Waals surface area contributed by atoms with Gasteiger partial charge in [-0.1, -0.05) is 16.1 Å². The maximum atomic E-state index is 13.1. The van der Waals surface area contributed by atoms with E-state index in [1.807, 2.05) is 0 Å². The van der Waals surface area contributed by atoms with Gasteiger partial charge in [-0.05, 0) is 61.0 Å². The Morgan fingerprint density at radius 2 is 1.73 bits per heavy atom. The maximum absolute atomic E-state index is 13.1. The number of benzene rings is 2. The number of hydrogen-bond acceptors (Lipinski definition) is 5. The molecular formula is C21H16ClF3N4O4. The van der Waals surface area contributed by atoms with Gasteiger partial charge in [-0.15, -0.1) is 5.12 Å². The summed E-state index contributed by atoms with van der Waals surface area (Å²) in [5.41, 5.74) is 2.87. The summed E-state index contributed by atoms with van der Waals surface area (Å²) in [6, 6.07) is 12.7. The number of aryl methyl sites for hydroxylation is 1. The van der Waals surface area contributed by atoms with E-state index >= 15 is 0 Å². The third-order valence-electron chi connectivity index (χ3n) is 4.05. The average molecular weight is 481 g/mol. The van der Waals surface area contributed by atoms with Crippen LogP contribution in [0, 0.1) is 6.92 Å². The number of hydrogen-bond donors (Lipinski definition) is 2. The fourth-order valence-corrected chi connectivity index (χ4v) is 2.59. The van der Waals surface area contributed by atoms with Crippen molar-refractivity contribution in [2.75, 3.05) is 5.32 Å². The first-order chi connectivity index (χ1) is 15.7. The van der Waals surface area contributed by atoms with Gasteiger partial charge in [0.2, 0.25) is 0 Å². The number of carbonyl (C=O) groups excluding carboxylic acids is 2. The number of alkyl halides is 2. The van der Waals surface area contributed by atoms with Crippen LogP contribution in [0.5, 0.6) is 17.2 Å². The van der Waals surface area contributed by atoms with E-state index in [9.17, 15) is 22.9 Å². The lowest BCUT2D eigenvalue weighted by molar-refractivity contribution is -0.112. The van der Waals surface area contributed by atoms with Crippen molar-refractivity contribution >= 4 is 29.2 Å². The van der Waals surface area contributed by atoms with E-state index in [0.717, 1.165) is 17.8 Å². The van der Waals surface area contributed by atoms with Crippen molar-refractivity contribution in [3.63, 3.8) is 0 Å². The Morgan fingerprint density at radius 3 is 2.39 bits per heavy atom. The number of anilines is 1. The Labute approximate surface area is 190 Å². The van der Waals surface area contributed by atoms with Gasteiger partial charge in [-0.2, -0.15) is 14.3 Å². The number of rotatable bonds is 7. The van der Waals surface area contributed by atoms with Crippen molar-refractivity contribution in [2.24, 2.45) is 0 Å². The van der Waals surface area contributed by atoms with Crippen LogP contribution in [0.15, 0.2) is 60.8 Å². The second-order valence-electron chi connectivity index (χ2n) is 6.47. The number of ether oxygens (including phenoxy) is 1. The van der Waals surface area contributed by atoms with Crippen molar-refractivity contribution in [3.05, 3.63) is 77.1 Å². The summed E-state index contributed by atoms with van der Waals surface area (Å²) in [5.74, 6) is -0.835. The van der Waals surface area contributed by atoms with E-state index in [-0.39, 0.29) is 5.75 Å². The summed E-state index contributed by atoms with van der Waals surface area (Å²) in [7, 11) is 0. The lowest BCUT2D eigenvalue weighted by atomic mass is 10.2. The van der Waals surface area contributed by atoms with Gasteiger partial charge in [0, 0.05) is 23.0 Å². The second kappa shape index (κ2) is 10.6. The first kappa shape index (κ1) is 23.7. The van der Waals surface area contributed by atoms with Gasteiger partial charge in [0.1, 0.15) is 17.2 Å². The molecule has 0 saturated heterocycles. The van der Waals surface area contributed by atoms with Crippen LogP contribution >= 0.6 is 11.6 Å². The third kappa shape index (κ3) is 6.50. The first-order valence-corrected chi connectivity index (χ1v) is 9.62. The molecule has 1 heterocycles. The summed E-state index contributed by atoms with van der Waals surface area (Å²) in [5, 5.41) is 1.89. The van der Waals surface area contributed by atoms with Crippen LogP contribution in [-0.4, -0.2) is 28.6 Å². The molecule has 2 N–H and O–H groups in total. The Kier molecular flexibility index (Phi) is 7.57. The molecule has 0 unspecified atom stereocenters. The highest BCUT2D eigenvalue weighted by Gasteiger charge is 2.25. The van der Waals surface area contributed by atoms with Crippen LogP contribution in [-0.2, 0) is 0 Å². The number of hydroxylamine groups is 1. The first-order valence-electron chi connectivity index (χ1n) is 9.24. The monoisotopic (exact) mass is 480 g/mol. The van der Waals surface area contributed by atoms with E-state index in [4.69, 9.17) is 21.2 Å². The van der Waals surface area contributed by atoms with Gasteiger partial charge in [0.25, 0.3) is 0 Å². The molecule has 0 bridgehead atoms.